The molecule has 1 aromatic rings. The van der Waals surface area contributed by atoms with Gasteiger partial charge in [-0.2, -0.15) is 4.31 Å². The van der Waals surface area contributed by atoms with Crippen LogP contribution in [0, 0.1) is 5.92 Å². The quantitative estimate of drug-likeness (QED) is 0.584. The van der Waals surface area contributed by atoms with Crippen molar-refractivity contribution in [2.75, 3.05) is 40.1 Å². The molecule has 3 aliphatic heterocycles. The maximum absolute atomic E-state index is 13.2. The Morgan fingerprint density at radius 1 is 1.17 bits per heavy atom. The summed E-state index contributed by atoms with van der Waals surface area (Å²) in [6.07, 6.45) is 0.613. The number of methoxy groups -OCH3 is 1. The molecular weight excluding hydrogens is 412 g/mol. The minimum absolute atomic E-state index is 0.241. The minimum Gasteiger partial charge on any atom is -0.469 e. The number of hydrogen-bond donors (Lipinski definition) is 2. The maximum atomic E-state index is 13.2. The number of benzene rings is 1. The first-order chi connectivity index (χ1) is 14.4. The van der Waals surface area contributed by atoms with Crippen molar-refractivity contribution in [2.24, 2.45) is 5.92 Å². The van der Waals surface area contributed by atoms with Gasteiger partial charge in [0.1, 0.15) is 5.92 Å². The van der Waals surface area contributed by atoms with Crippen molar-refractivity contribution in [1.29, 1.82) is 0 Å². The zero-order chi connectivity index (χ0) is 21.3. The highest BCUT2D eigenvalue weighted by atomic mass is 32.2. The predicted molar refractivity (Wildman–Crippen MR) is 108 cm³/mol. The van der Waals surface area contributed by atoms with Gasteiger partial charge in [0.2, 0.25) is 16.8 Å². The van der Waals surface area contributed by atoms with E-state index in [1.807, 2.05) is 25.1 Å². The van der Waals surface area contributed by atoms with Gasteiger partial charge in [0.15, 0.2) is 16.9 Å². The van der Waals surface area contributed by atoms with Gasteiger partial charge >= 0.3 is 5.97 Å². The van der Waals surface area contributed by atoms with Crippen molar-refractivity contribution in [1.82, 2.24) is 20.1 Å². The van der Waals surface area contributed by atoms with E-state index in [2.05, 4.69) is 15.8 Å². The minimum atomic E-state index is -3.72. The SMILES string of the molecule is CCC1NNC(S(=O)(=O)N2CCN(Cc3ccc4c(c3)OCO4)CC2)C1C(=O)OC. The summed E-state index contributed by atoms with van der Waals surface area (Å²) in [5, 5.41) is -1.03. The Kier molecular flexibility index (Phi) is 6.16. The Hall–Kier alpha value is -1.92. The summed E-state index contributed by atoms with van der Waals surface area (Å²) in [4.78, 5) is 14.5. The van der Waals surface area contributed by atoms with Crippen LogP contribution in [0.1, 0.15) is 18.9 Å². The van der Waals surface area contributed by atoms with Gasteiger partial charge in [-0.25, -0.2) is 13.8 Å². The van der Waals surface area contributed by atoms with Crippen molar-refractivity contribution in [3.05, 3.63) is 23.8 Å². The van der Waals surface area contributed by atoms with E-state index >= 15 is 0 Å². The summed E-state index contributed by atoms with van der Waals surface area (Å²) >= 11 is 0. The van der Waals surface area contributed by atoms with Crippen molar-refractivity contribution < 1.29 is 27.4 Å². The Morgan fingerprint density at radius 2 is 1.90 bits per heavy atom. The highest BCUT2D eigenvalue weighted by Gasteiger charge is 2.49. The monoisotopic (exact) mass is 440 g/mol. The number of fused-ring (bicyclic) bond motifs is 1. The van der Waals surface area contributed by atoms with E-state index < -0.39 is 27.3 Å². The first-order valence-corrected chi connectivity index (χ1v) is 11.6. The zero-order valence-corrected chi connectivity index (χ0v) is 18.0. The second-order valence-corrected chi connectivity index (χ2v) is 9.73. The number of carbonyl (C=O) groups excluding carboxylic acids is 1. The van der Waals surface area contributed by atoms with Gasteiger partial charge in [-0.15, -0.1) is 0 Å². The number of piperazine rings is 1. The summed E-state index contributed by atoms with van der Waals surface area (Å²) < 4.78 is 43.6. The van der Waals surface area contributed by atoms with E-state index in [-0.39, 0.29) is 12.8 Å². The molecule has 3 aliphatic rings. The molecule has 4 rings (SSSR count). The normalized spacial score (nSPS) is 27.3. The number of esters is 1. The summed E-state index contributed by atoms with van der Waals surface area (Å²) in [6, 6.07) is 5.57. The van der Waals surface area contributed by atoms with Crippen molar-refractivity contribution in [3.63, 3.8) is 0 Å². The third kappa shape index (κ3) is 4.00. The molecule has 10 nitrogen and oxygen atoms in total. The number of sulfonamides is 1. The summed E-state index contributed by atoms with van der Waals surface area (Å²) in [5.41, 5.74) is 6.85. The second kappa shape index (κ2) is 8.67. The van der Waals surface area contributed by atoms with Gasteiger partial charge in [-0.3, -0.25) is 15.1 Å². The Morgan fingerprint density at radius 3 is 2.60 bits per heavy atom. The van der Waals surface area contributed by atoms with Crippen molar-refractivity contribution >= 4 is 16.0 Å². The van der Waals surface area contributed by atoms with E-state index in [1.165, 1.54) is 11.4 Å². The van der Waals surface area contributed by atoms with Crippen LogP contribution in [-0.4, -0.2) is 75.1 Å². The van der Waals surface area contributed by atoms with Crippen LogP contribution in [0.2, 0.25) is 0 Å². The molecule has 0 amide bonds. The molecule has 3 heterocycles. The Labute approximate surface area is 176 Å². The van der Waals surface area contributed by atoms with Gasteiger partial charge in [0.25, 0.3) is 0 Å². The maximum Gasteiger partial charge on any atom is 0.313 e. The molecule has 3 atom stereocenters. The van der Waals surface area contributed by atoms with E-state index in [4.69, 9.17) is 14.2 Å². The number of hydrazine groups is 1. The van der Waals surface area contributed by atoms with E-state index in [0.717, 1.165) is 17.1 Å². The van der Waals surface area contributed by atoms with Crippen LogP contribution in [0.15, 0.2) is 18.2 Å². The van der Waals surface area contributed by atoms with Crippen LogP contribution >= 0.6 is 0 Å². The molecule has 0 bridgehead atoms. The van der Waals surface area contributed by atoms with E-state index in [1.54, 1.807) is 0 Å². The van der Waals surface area contributed by atoms with Gasteiger partial charge in [0.05, 0.1) is 7.11 Å². The molecule has 1 aromatic carbocycles. The molecule has 2 saturated heterocycles. The summed E-state index contributed by atoms with van der Waals surface area (Å²) in [6.45, 7) is 4.80. The fourth-order valence-electron chi connectivity index (χ4n) is 4.22. The third-order valence-electron chi connectivity index (χ3n) is 5.94. The van der Waals surface area contributed by atoms with Crippen LogP contribution in [-0.2, 0) is 26.1 Å². The van der Waals surface area contributed by atoms with Gasteiger partial charge in [-0.05, 0) is 24.1 Å². The number of nitrogens with zero attached hydrogens (tertiary/aromatic N) is 2. The first kappa shape index (κ1) is 21.3. The highest BCUT2D eigenvalue weighted by Crippen LogP contribution is 2.33. The lowest BCUT2D eigenvalue weighted by Crippen LogP contribution is -2.54. The number of ether oxygens (including phenoxy) is 3. The molecule has 0 spiro atoms. The number of rotatable bonds is 6. The van der Waals surface area contributed by atoms with Gasteiger partial charge in [0, 0.05) is 38.8 Å². The number of hydrogen-bond acceptors (Lipinski definition) is 9. The largest absolute Gasteiger partial charge is 0.469 e. The van der Waals surface area contributed by atoms with Crippen LogP contribution in [0.3, 0.4) is 0 Å². The van der Waals surface area contributed by atoms with Gasteiger partial charge in [-0.1, -0.05) is 13.0 Å². The molecule has 11 heteroatoms. The fraction of sp³-hybridized carbons (Fsp3) is 0.632. The molecule has 2 fully saturated rings. The number of nitrogens with one attached hydrogen (secondary N) is 2. The average Bonchev–Trinajstić information content (AvgIpc) is 3.40. The lowest BCUT2D eigenvalue weighted by Gasteiger charge is -2.36. The number of carbonyl (C=O) groups is 1. The molecule has 3 unspecified atom stereocenters. The smallest absolute Gasteiger partial charge is 0.313 e. The Balaban J connectivity index is 1.38. The van der Waals surface area contributed by atoms with Crippen LogP contribution in [0.4, 0.5) is 0 Å². The molecule has 166 valence electrons. The Bertz CT molecular complexity index is 887. The molecule has 30 heavy (non-hydrogen) atoms. The van der Waals surface area contributed by atoms with E-state index in [9.17, 15) is 13.2 Å². The fourth-order valence-corrected chi connectivity index (χ4v) is 6.10. The molecular formula is C19H28N4O6S. The van der Waals surface area contributed by atoms with Gasteiger partial charge < -0.3 is 14.2 Å². The predicted octanol–water partition coefficient (Wildman–Crippen LogP) is -0.136. The topological polar surface area (TPSA) is 109 Å². The first-order valence-electron chi connectivity index (χ1n) is 10.1. The third-order valence-corrected chi connectivity index (χ3v) is 8.08. The van der Waals surface area contributed by atoms with Crippen LogP contribution in [0.25, 0.3) is 0 Å². The highest BCUT2D eigenvalue weighted by molar-refractivity contribution is 7.89. The second-order valence-electron chi connectivity index (χ2n) is 7.68. The average molecular weight is 441 g/mol. The molecule has 0 radical (unpaired) electrons. The van der Waals surface area contributed by atoms with Crippen molar-refractivity contribution in [3.8, 4) is 11.5 Å². The summed E-state index contributed by atoms with van der Waals surface area (Å²) in [5.74, 6) is 0.191. The van der Waals surface area contributed by atoms with Crippen molar-refractivity contribution in [2.45, 2.75) is 31.3 Å². The van der Waals surface area contributed by atoms with Crippen LogP contribution < -0.4 is 20.3 Å². The van der Waals surface area contributed by atoms with Crippen LogP contribution in [0.5, 0.6) is 11.5 Å². The molecule has 0 saturated carbocycles. The van der Waals surface area contributed by atoms with E-state index in [0.29, 0.717) is 39.1 Å². The molecule has 2 N–H and O–H groups in total. The summed E-state index contributed by atoms with van der Waals surface area (Å²) in [7, 11) is -2.43. The molecule has 0 aliphatic carbocycles. The standard InChI is InChI=1S/C19H28N4O6S/c1-3-14-17(19(24)27-2)18(21-20-14)30(25,26)23-8-6-22(7-9-23)11-13-4-5-15-16(10-13)29-12-28-15/h4-5,10,14,17-18,20-21H,3,6-9,11-12H2,1-2H3. The lowest BCUT2D eigenvalue weighted by atomic mass is 10.00. The molecule has 0 aromatic heterocycles. The zero-order valence-electron chi connectivity index (χ0n) is 17.2. The lowest BCUT2D eigenvalue weighted by molar-refractivity contribution is -0.145.